The summed E-state index contributed by atoms with van der Waals surface area (Å²) in [4.78, 5) is 10.9. The minimum Gasteiger partial charge on any atom is -0.481 e. The molecular formula is C13H19NO2. The summed E-state index contributed by atoms with van der Waals surface area (Å²) in [6.07, 6.45) is 0.607. The van der Waals surface area contributed by atoms with Crippen LogP contribution in [0.1, 0.15) is 25.8 Å². The Labute approximate surface area is 96.5 Å². The maximum absolute atomic E-state index is 10.9. The molecule has 0 bridgehead atoms. The summed E-state index contributed by atoms with van der Waals surface area (Å²) < 4.78 is 0. The zero-order valence-corrected chi connectivity index (χ0v) is 10.1. The van der Waals surface area contributed by atoms with Crippen LogP contribution in [0.25, 0.3) is 0 Å². The lowest BCUT2D eigenvalue weighted by atomic mass is 9.90. The smallest absolute Gasteiger partial charge is 0.309 e. The summed E-state index contributed by atoms with van der Waals surface area (Å²) in [6.45, 7) is 6.19. The van der Waals surface area contributed by atoms with Crippen LogP contribution in [-0.2, 0) is 4.79 Å². The van der Waals surface area contributed by atoms with Gasteiger partial charge in [0.25, 0.3) is 0 Å². The first kappa shape index (κ1) is 12.6. The van der Waals surface area contributed by atoms with Gasteiger partial charge in [-0.25, -0.2) is 0 Å². The zero-order chi connectivity index (χ0) is 12.2. The standard InChI is InChI=1S/C13H19NO2/c1-10-4-6-11(7-5-10)14-9-8-13(2,3)12(15)16/h4-7,14H,8-9H2,1-3H3,(H,15,16). The Hall–Kier alpha value is -1.51. The minimum atomic E-state index is -0.752. The number of hydrogen-bond donors (Lipinski definition) is 2. The molecule has 0 saturated carbocycles. The molecule has 0 amide bonds. The number of carbonyl (C=O) groups is 1. The number of anilines is 1. The second-order valence-corrected chi connectivity index (χ2v) is 4.73. The van der Waals surface area contributed by atoms with E-state index >= 15 is 0 Å². The molecule has 0 aromatic heterocycles. The zero-order valence-electron chi connectivity index (χ0n) is 10.1. The average molecular weight is 221 g/mol. The molecule has 1 rings (SSSR count). The third kappa shape index (κ3) is 3.57. The van der Waals surface area contributed by atoms with E-state index in [-0.39, 0.29) is 0 Å². The molecule has 0 heterocycles. The van der Waals surface area contributed by atoms with E-state index < -0.39 is 11.4 Å². The van der Waals surface area contributed by atoms with Crippen LogP contribution in [0.4, 0.5) is 5.69 Å². The number of nitrogens with one attached hydrogen (secondary N) is 1. The van der Waals surface area contributed by atoms with Crippen molar-refractivity contribution in [3.63, 3.8) is 0 Å². The molecular weight excluding hydrogens is 202 g/mol. The highest BCUT2D eigenvalue weighted by Gasteiger charge is 2.26. The first-order valence-electron chi connectivity index (χ1n) is 5.46. The Bertz CT molecular complexity index is 355. The number of carboxylic acid groups (broad SMARTS) is 1. The van der Waals surface area contributed by atoms with Crippen molar-refractivity contribution < 1.29 is 9.90 Å². The van der Waals surface area contributed by atoms with E-state index in [1.165, 1.54) is 5.56 Å². The predicted octanol–water partition coefficient (Wildman–Crippen LogP) is 2.91. The number of benzene rings is 1. The van der Waals surface area contributed by atoms with Crippen molar-refractivity contribution in [1.82, 2.24) is 0 Å². The number of aryl methyl sites for hydroxylation is 1. The highest BCUT2D eigenvalue weighted by Crippen LogP contribution is 2.20. The van der Waals surface area contributed by atoms with Crippen molar-refractivity contribution in [2.75, 3.05) is 11.9 Å². The minimum absolute atomic E-state index is 0.607. The number of carboxylic acids is 1. The molecule has 16 heavy (non-hydrogen) atoms. The average Bonchev–Trinajstić information content (AvgIpc) is 2.20. The van der Waals surface area contributed by atoms with Crippen molar-refractivity contribution in [2.45, 2.75) is 27.2 Å². The molecule has 88 valence electrons. The van der Waals surface area contributed by atoms with E-state index in [9.17, 15) is 4.79 Å². The van der Waals surface area contributed by atoms with Gasteiger partial charge in [-0.15, -0.1) is 0 Å². The van der Waals surface area contributed by atoms with E-state index in [1.807, 2.05) is 31.2 Å². The molecule has 3 nitrogen and oxygen atoms in total. The second-order valence-electron chi connectivity index (χ2n) is 4.73. The third-order valence-electron chi connectivity index (χ3n) is 2.71. The quantitative estimate of drug-likeness (QED) is 0.803. The fourth-order valence-electron chi connectivity index (χ4n) is 1.30. The van der Waals surface area contributed by atoms with E-state index in [2.05, 4.69) is 5.32 Å². The van der Waals surface area contributed by atoms with E-state index in [0.717, 1.165) is 5.69 Å². The molecule has 1 aromatic rings. The molecule has 2 N–H and O–H groups in total. The Balaban J connectivity index is 2.41. The highest BCUT2D eigenvalue weighted by molar-refractivity contribution is 5.73. The first-order chi connectivity index (χ1) is 7.42. The van der Waals surface area contributed by atoms with Gasteiger partial charge in [0.05, 0.1) is 5.41 Å². The summed E-state index contributed by atoms with van der Waals surface area (Å²) in [5.41, 5.74) is 1.58. The van der Waals surface area contributed by atoms with Crippen LogP contribution in [0.3, 0.4) is 0 Å². The molecule has 0 aliphatic heterocycles. The van der Waals surface area contributed by atoms with Gasteiger partial charge >= 0.3 is 5.97 Å². The molecule has 3 heteroatoms. The highest BCUT2D eigenvalue weighted by atomic mass is 16.4. The number of hydrogen-bond acceptors (Lipinski definition) is 2. The predicted molar refractivity (Wildman–Crippen MR) is 65.7 cm³/mol. The van der Waals surface area contributed by atoms with Gasteiger partial charge < -0.3 is 10.4 Å². The van der Waals surface area contributed by atoms with Crippen LogP contribution in [0.5, 0.6) is 0 Å². The van der Waals surface area contributed by atoms with Crippen LogP contribution in [0.15, 0.2) is 24.3 Å². The molecule has 0 spiro atoms. The molecule has 0 atom stereocenters. The maximum Gasteiger partial charge on any atom is 0.309 e. The van der Waals surface area contributed by atoms with Crippen LogP contribution in [-0.4, -0.2) is 17.6 Å². The Kier molecular flexibility index (Phi) is 3.93. The van der Waals surface area contributed by atoms with Crippen molar-refractivity contribution in [1.29, 1.82) is 0 Å². The fourth-order valence-corrected chi connectivity index (χ4v) is 1.30. The van der Waals surface area contributed by atoms with Gasteiger partial charge in [0, 0.05) is 12.2 Å². The van der Waals surface area contributed by atoms with Gasteiger partial charge in [0.15, 0.2) is 0 Å². The van der Waals surface area contributed by atoms with Crippen LogP contribution >= 0.6 is 0 Å². The lowest BCUT2D eigenvalue weighted by molar-refractivity contribution is -0.147. The normalized spacial score (nSPS) is 11.2. The molecule has 1 aromatic carbocycles. The van der Waals surface area contributed by atoms with Gasteiger partial charge in [0.1, 0.15) is 0 Å². The Morgan fingerprint density at radius 1 is 1.31 bits per heavy atom. The SMILES string of the molecule is Cc1ccc(NCCC(C)(C)C(=O)O)cc1. The topological polar surface area (TPSA) is 49.3 Å². The van der Waals surface area contributed by atoms with Crippen molar-refractivity contribution >= 4 is 11.7 Å². The van der Waals surface area contributed by atoms with Crippen LogP contribution < -0.4 is 5.32 Å². The van der Waals surface area contributed by atoms with Gasteiger partial charge in [-0.2, -0.15) is 0 Å². The first-order valence-corrected chi connectivity index (χ1v) is 5.46. The third-order valence-corrected chi connectivity index (χ3v) is 2.71. The molecule has 0 aliphatic carbocycles. The van der Waals surface area contributed by atoms with Crippen LogP contribution in [0.2, 0.25) is 0 Å². The van der Waals surface area contributed by atoms with Crippen molar-refractivity contribution in [3.05, 3.63) is 29.8 Å². The van der Waals surface area contributed by atoms with Crippen molar-refractivity contribution in [2.24, 2.45) is 5.41 Å². The number of rotatable bonds is 5. The molecule has 0 saturated heterocycles. The van der Waals surface area contributed by atoms with Gasteiger partial charge in [-0.3, -0.25) is 4.79 Å². The lowest BCUT2D eigenvalue weighted by Gasteiger charge is -2.19. The van der Waals surface area contributed by atoms with Crippen LogP contribution in [0, 0.1) is 12.3 Å². The van der Waals surface area contributed by atoms with Crippen molar-refractivity contribution in [3.8, 4) is 0 Å². The van der Waals surface area contributed by atoms with E-state index in [0.29, 0.717) is 13.0 Å². The van der Waals surface area contributed by atoms with Gasteiger partial charge in [-0.1, -0.05) is 17.7 Å². The lowest BCUT2D eigenvalue weighted by Crippen LogP contribution is -2.26. The van der Waals surface area contributed by atoms with E-state index in [1.54, 1.807) is 13.8 Å². The maximum atomic E-state index is 10.9. The number of aliphatic carboxylic acids is 1. The molecule has 0 radical (unpaired) electrons. The fraction of sp³-hybridized carbons (Fsp3) is 0.462. The summed E-state index contributed by atoms with van der Waals surface area (Å²) in [5, 5.41) is 12.2. The molecule has 0 fully saturated rings. The Morgan fingerprint density at radius 2 is 1.88 bits per heavy atom. The molecule has 0 unspecified atom stereocenters. The van der Waals surface area contributed by atoms with E-state index in [4.69, 9.17) is 5.11 Å². The molecule has 0 aliphatic rings. The summed E-state index contributed by atoms with van der Waals surface area (Å²) in [6, 6.07) is 8.07. The summed E-state index contributed by atoms with van der Waals surface area (Å²) in [5.74, 6) is -0.752. The summed E-state index contributed by atoms with van der Waals surface area (Å²) in [7, 11) is 0. The monoisotopic (exact) mass is 221 g/mol. The Morgan fingerprint density at radius 3 is 2.38 bits per heavy atom. The largest absolute Gasteiger partial charge is 0.481 e. The second kappa shape index (κ2) is 5.01. The van der Waals surface area contributed by atoms with Gasteiger partial charge in [-0.05, 0) is 39.3 Å². The van der Waals surface area contributed by atoms with Gasteiger partial charge in [0.2, 0.25) is 0 Å². The summed E-state index contributed by atoms with van der Waals surface area (Å²) >= 11 is 0.